The highest BCUT2D eigenvalue weighted by Gasteiger charge is 2.21. The number of nitriles is 1. The van der Waals surface area contributed by atoms with Gasteiger partial charge in [0.25, 0.3) is 5.91 Å². The monoisotopic (exact) mass is 596 g/mol. The van der Waals surface area contributed by atoms with Gasteiger partial charge in [-0.1, -0.05) is 29.5 Å². The molecule has 2 aromatic carbocycles. The molecule has 0 unspecified atom stereocenters. The number of pyridine rings is 1. The topological polar surface area (TPSA) is 111 Å². The van der Waals surface area contributed by atoms with Crippen LogP contribution in [0.4, 0.5) is 5.69 Å². The molecule has 5 rings (SSSR count). The van der Waals surface area contributed by atoms with E-state index in [1.807, 2.05) is 26.0 Å². The molecule has 0 atom stereocenters. The molecule has 1 aliphatic heterocycles. The molecule has 9 nitrogen and oxygen atoms in total. The summed E-state index contributed by atoms with van der Waals surface area (Å²) in [7, 11) is 2.11. The number of benzene rings is 2. The van der Waals surface area contributed by atoms with E-state index in [4.69, 9.17) is 9.72 Å². The van der Waals surface area contributed by atoms with Crippen LogP contribution >= 0.6 is 11.3 Å². The number of hydrogen-bond donors (Lipinski definition) is 1. The van der Waals surface area contributed by atoms with Crippen LogP contribution in [0.3, 0.4) is 0 Å². The Morgan fingerprint density at radius 3 is 2.63 bits per heavy atom. The van der Waals surface area contributed by atoms with Crippen LogP contribution in [0.25, 0.3) is 10.3 Å². The number of hydrogen-bond acceptors (Lipinski definition) is 9. The predicted octanol–water partition coefficient (Wildman–Crippen LogP) is 5.68. The summed E-state index contributed by atoms with van der Waals surface area (Å²) in [4.78, 5) is 40.0. The van der Waals surface area contributed by atoms with Crippen LogP contribution in [0, 0.1) is 11.3 Å². The predicted molar refractivity (Wildman–Crippen MR) is 169 cm³/mol. The van der Waals surface area contributed by atoms with Gasteiger partial charge in [0.1, 0.15) is 21.9 Å². The smallest absolute Gasteiger partial charge is 0.255 e. The molecule has 1 aliphatic rings. The molecule has 222 valence electrons. The van der Waals surface area contributed by atoms with Gasteiger partial charge in [-0.2, -0.15) is 5.26 Å². The minimum Gasteiger partial charge on any atom is -0.439 e. The van der Waals surface area contributed by atoms with E-state index >= 15 is 0 Å². The van der Waals surface area contributed by atoms with Crippen LogP contribution in [0.15, 0.2) is 60.7 Å². The zero-order chi connectivity index (χ0) is 30.4. The van der Waals surface area contributed by atoms with Gasteiger partial charge in [-0.3, -0.25) is 14.5 Å². The number of carbonyl (C=O) groups excluding carboxylic acids is 2. The number of carbonyl (C=O) groups is 2. The molecule has 1 fully saturated rings. The van der Waals surface area contributed by atoms with E-state index in [-0.39, 0.29) is 11.7 Å². The van der Waals surface area contributed by atoms with E-state index in [1.165, 1.54) is 11.3 Å². The molecule has 0 saturated carbocycles. The van der Waals surface area contributed by atoms with Crippen molar-refractivity contribution in [3.05, 3.63) is 76.8 Å². The van der Waals surface area contributed by atoms with E-state index in [1.54, 1.807) is 48.5 Å². The largest absolute Gasteiger partial charge is 0.439 e. The molecule has 0 bridgehead atoms. The maximum absolute atomic E-state index is 12.9. The Balaban J connectivity index is 1.16. The molecule has 0 spiro atoms. The van der Waals surface area contributed by atoms with Gasteiger partial charge < -0.3 is 15.0 Å². The zero-order valence-corrected chi connectivity index (χ0v) is 25.6. The summed E-state index contributed by atoms with van der Waals surface area (Å²) in [5, 5.41) is 13.3. The molecule has 4 aromatic rings. The van der Waals surface area contributed by atoms with Gasteiger partial charge in [-0.05, 0) is 69.6 Å². The zero-order valence-electron chi connectivity index (χ0n) is 24.8. The second-order valence-electron chi connectivity index (χ2n) is 11.5. The molecule has 1 saturated heterocycles. The second kappa shape index (κ2) is 13.4. The first-order valence-corrected chi connectivity index (χ1v) is 15.3. The molecular formula is C33H36N6O3S. The number of nitrogens with one attached hydrogen (secondary N) is 1. The molecule has 10 heteroatoms. The van der Waals surface area contributed by atoms with Crippen molar-refractivity contribution in [1.29, 1.82) is 5.26 Å². The summed E-state index contributed by atoms with van der Waals surface area (Å²) < 4.78 is 6.02. The van der Waals surface area contributed by atoms with Gasteiger partial charge >= 0.3 is 0 Å². The number of ketones is 1. The highest BCUT2D eigenvalue weighted by Crippen LogP contribution is 2.28. The minimum absolute atomic E-state index is 0.273. The van der Waals surface area contributed by atoms with Crippen molar-refractivity contribution in [2.24, 2.45) is 0 Å². The number of fused-ring (bicyclic) bond motifs is 1. The van der Waals surface area contributed by atoms with Crippen LogP contribution in [0.1, 0.15) is 47.6 Å². The van der Waals surface area contributed by atoms with Crippen molar-refractivity contribution >= 4 is 39.1 Å². The van der Waals surface area contributed by atoms with Gasteiger partial charge in [0.15, 0.2) is 0 Å². The lowest BCUT2D eigenvalue weighted by Gasteiger charge is -2.31. The lowest BCUT2D eigenvalue weighted by atomic mass is 9.85. The first kappa shape index (κ1) is 30.3. The number of likely N-dealkylation sites (N-methyl/N-ethyl adjacent to an activating group) is 1. The van der Waals surface area contributed by atoms with Crippen molar-refractivity contribution in [1.82, 2.24) is 19.8 Å². The third kappa shape index (κ3) is 8.02. The number of Topliss-reactive ketones (excluding diaryl/α,β-unsaturated/α-hetero) is 1. The Hall–Kier alpha value is -4.17. The number of piperazine rings is 1. The fourth-order valence-electron chi connectivity index (χ4n) is 4.86. The maximum atomic E-state index is 12.9. The van der Waals surface area contributed by atoms with E-state index in [0.717, 1.165) is 59.9 Å². The summed E-state index contributed by atoms with van der Waals surface area (Å²) >= 11 is 1.52. The van der Waals surface area contributed by atoms with Crippen molar-refractivity contribution in [3.8, 4) is 17.7 Å². The molecular weight excluding hydrogens is 560 g/mol. The Morgan fingerprint density at radius 1 is 1.05 bits per heavy atom. The summed E-state index contributed by atoms with van der Waals surface area (Å²) in [6.45, 7) is 8.11. The number of ether oxygens (including phenoxy) is 1. The van der Waals surface area contributed by atoms with E-state index < -0.39 is 5.41 Å². The molecule has 2 aromatic heterocycles. The van der Waals surface area contributed by atoms with Crippen LogP contribution in [-0.2, 0) is 16.6 Å². The SMILES string of the molecule is CN1CCN(CC(=O)CCCc2nc3ccc(Oc4cccc(NC(=O)c5cccc(C(C)(C)C#N)c5)c4)nc3s2)CC1. The number of thiazole rings is 1. The number of aromatic nitrogens is 2. The van der Waals surface area contributed by atoms with Crippen LogP contribution in [0.5, 0.6) is 11.6 Å². The Bertz CT molecular complexity index is 1650. The third-order valence-corrected chi connectivity index (χ3v) is 8.58. The van der Waals surface area contributed by atoms with Gasteiger partial charge in [0, 0.05) is 56.0 Å². The van der Waals surface area contributed by atoms with Crippen molar-refractivity contribution in [2.45, 2.75) is 38.5 Å². The molecule has 0 aliphatic carbocycles. The highest BCUT2D eigenvalue weighted by atomic mass is 32.1. The fourth-order valence-corrected chi connectivity index (χ4v) is 5.82. The van der Waals surface area contributed by atoms with E-state index in [9.17, 15) is 14.9 Å². The van der Waals surface area contributed by atoms with E-state index in [2.05, 4.69) is 33.2 Å². The van der Waals surface area contributed by atoms with Crippen LogP contribution in [0.2, 0.25) is 0 Å². The summed E-state index contributed by atoms with van der Waals surface area (Å²) in [6.07, 6.45) is 2.07. The average Bonchev–Trinajstić information content (AvgIpc) is 3.40. The van der Waals surface area contributed by atoms with Gasteiger partial charge in [0.05, 0.1) is 23.0 Å². The number of nitrogens with zero attached hydrogens (tertiary/aromatic N) is 5. The molecule has 3 heterocycles. The lowest BCUT2D eigenvalue weighted by Crippen LogP contribution is -2.46. The summed E-state index contributed by atoms with van der Waals surface area (Å²) in [6, 6.07) is 20.2. The molecule has 1 N–H and O–H groups in total. The molecule has 43 heavy (non-hydrogen) atoms. The van der Waals surface area contributed by atoms with Crippen molar-refractivity contribution < 1.29 is 14.3 Å². The number of amides is 1. The van der Waals surface area contributed by atoms with Gasteiger partial charge in [-0.25, -0.2) is 9.97 Å². The van der Waals surface area contributed by atoms with Gasteiger partial charge in [0.2, 0.25) is 5.88 Å². The Labute approximate surface area is 256 Å². The normalized spacial score (nSPS) is 14.4. The molecule has 0 radical (unpaired) electrons. The molecule has 1 amide bonds. The summed E-state index contributed by atoms with van der Waals surface area (Å²) in [5.41, 5.74) is 1.94. The number of rotatable bonds is 11. The average molecular weight is 597 g/mol. The second-order valence-corrected chi connectivity index (χ2v) is 12.5. The maximum Gasteiger partial charge on any atom is 0.255 e. The number of aryl methyl sites for hydroxylation is 1. The van der Waals surface area contributed by atoms with Crippen molar-refractivity contribution in [2.75, 3.05) is 45.1 Å². The van der Waals surface area contributed by atoms with E-state index in [0.29, 0.717) is 35.8 Å². The Kier molecular flexibility index (Phi) is 9.46. The first-order chi connectivity index (χ1) is 20.7. The Morgan fingerprint density at radius 2 is 1.84 bits per heavy atom. The lowest BCUT2D eigenvalue weighted by molar-refractivity contribution is -0.120. The van der Waals surface area contributed by atoms with Crippen LogP contribution < -0.4 is 10.1 Å². The minimum atomic E-state index is -0.694. The number of anilines is 1. The quantitative estimate of drug-likeness (QED) is 0.236. The van der Waals surface area contributed by atoms with Gasteiger partial charge in [-0.15, -0.1) is 0 Å². The summed E-state index contributed by atoms with van der Waals surface area (Å²) in [5.74, 6) is 0.979. The first-order valence-electron chi connectivity index (χ1n) is 14.5. The fraction of sp³-hybridized carbons (Fsp3) is 0.364. The standard InChI is InChI=1S/C33H36N6O3S/c1-33(2,22-34)24-8-4-7-23(19-24)31(41)35-25-9-5-11-27(20-25)42-29-14-13-28-32(37-29)43-30(36-28)12-6-10-26(40)21-39-17-15-38(3)16-18-39/h4-5,7-9,11,13-14,19-20H,6,10,12,15-18,21H2,1-3H3,(H,35,41). The third-order valence-electron chi connectivity index (χ3n) is 7.56. The van der Waals surface area contributed by atoms with Crippen molar-refractivity contribution in [3.63, 3.8) is 0 Å². The van der Waals surface area contributed by atoms with Crippen LogP contribution in [-0.4, -0.2) is 71.2 Å². The highest BCUT2D eigenvalue weighted by molar-refractivity contribution is 7.18.